The monoisotopic (exact) mass is 391 g/mol. The van der Waals surface area contributed by atoms with Gasteiger partial charge >= 0.3 is 12.0 Å². The zero-order chi connectivity index (χ0) is 20.9. The van der Waals surface area contributed by atoms with Crippen LogP contribution < -0.4 is 14.8 Å². The lowest BCUT2D eigenvalue weighted by atomic mass is 10.1. The van der Waals surface area contributed by atoms with Crippen LogP contribution in [0.1, 0.15) is 37.2 Å². The summed E-state index contributed by atoms with van der Waals surface area (Å²) in [5.74, 6) is 0.681. The molecule has 0 aliphatic rings. The Morgan fingerprint density at radius 2 is 1.89 bits per heavy atom. The number of oxazole rings is 1. The average molecular weight is 391 g/mol. The van der Waals surface area contributed by atoms with Crippen molar-refractivity contribution in [1.82, 2.24) is 9.88 Å². The lowest BCUT2D eigenvalue weighted by molar-refractivity contribution is 0.0594. The number of hydrogen-bond acceptors (Lipinski definition) is 7. The number of aromatic nitrogens is 1. The van der Waals surface area contributed by atoms with Gasteiger partial charge in [0.15, 0.2) is 5.69 Å². The second-order valence-corrected chi connectivity index (χ2v) is 6.87. The van der Waals surface area contributed by atoms with Crippen molar-refractivity contribution in [1.29, 1.82) is 0 Å². The van der Waals surface area contributed by atoms with Crippen molar-refractivity contribution in [2.45, 2.75) is 32.9 Å². The summed E-state index contributed by atoms with van der Waals surface area (Å²) in [6.07, 6.45) is 1.20. The van der Waals surface area contributed by atoms with E-state index in [4.69, 9.17) is 13.9 Å². The van der Waals surface area contributed by atoms with Crippen molar-refractivity contribution in [2.75, 3.05) is 26.6 Å². The fraction of sp³-hybridized carbons (Fsp3) is 0.421. The summed E-state index contributed by atoms with van der Waals surface area (Å²) in [5, 5.41) is 2.83. The molecule has 28 heavy (non-hydrogen) atoms. The minimum Gasteiger partial charge on any atom is -0.497 e. The number of carbonyl (C=O) groups excluding carboxylic acids is 2. The molecule has 1 aromatic carbocycles. The Labute approximate surface area is 163 Å². The van der Waals surface area contributed by atoms with E-state index in [1.807, 2.05) is 20.8 Å². The van der Waals surface area contributed by atoms with Gasteiger partial charge in [-0.25, -0.2) is 14.6 Å². The van der Waals surface area contributed by atoms with Crippen LogP contribution in [0.2, 0.25) is 0 Å². The first-order valence-corrected chi connectivity index (χ1v) is 8.53. The molecule has 0 aliphatic carbocycles. The minimum atomic E-state index is -0.607. The molecule has 0 fully saturated rings. The fourth-order valence-corrected chi connectivity index (χ4v) is 2.42. The molecule has 0 radical (unpaired) electrons. The van der Waals surface area contributed by atoms with Gasteiger partial charge in [0.2, 0.25) is 5.89 Å². The smallest absolute Gasteiger partial charge is 0.360 e. The van der Waals surface area contributed by atoms with Crippen LogP contribution in [-0.2, 0) is 11.3 Å². The Hall–Kier alpha value is -3.23. The van der Waals surface area contributed by atoms with Crippen molar-refractivity contribution < 1.29 is 28.2 Å². The number of esters is 1. The quantitative estimate of drug-likeness (QED) is 0.754. The molecule has 0 bridgehead atoms. The molecule has 0 saturated carbocycles. The van der Waals surface area contributed by atoms with Gasteiger partial charge in [0.25, 0.3) is 0 Å². The maximum absolute atomic E-state index is 13.0. The van der Waals surface area contributed by atoms with Crippen molar-refractivity contribution in [3.05, 3.63) is 36.0 Å². The van der Waals surface area contributed by atoms with Crippen LogP contribution in [0.4, 0.5) is 10.5 Å². The first-order valence-electron chi connectivity index (χ1n) is 8.53. The molecular weight excluding hydrogens is 366 g/mol. The van der Waals surface area contributed by atoms with Crippen LogP contribution in [0.3, 0.4) is 0 Å². The van der Waals surface area contributed by atoms with E-state index in [1.54, 1.807) is 25.3 Å². The number of rotatable bonds is 6. The van der Waals surface area contributed by atoms with E-state index < -0.39 is 11.5 Å². The molecule has 1 N–H and O–H groups in total. The molecule has 1 heterocycles. The number of nitrogens with one attached hydrogen (secondary N) is 1. The third kappa shape index (κ3) is 4.93. The highest BCUT2D eigenvalue weighted by Crippen LogP contribution is 2.30. The molecule has 2 rings (SSSR count). The third-order valence-corrected chi connectivity index (χ3v) is 3.94. The summed E-state index contributed by atoms with van der Waals surface area (Å²) in [6, 6.07) is 4.70. The van der Waals surface area contributed by atoms with Crippen molar-refractivity contribution in [3.8, 4) is 11.5 Å². The van der Waals surface area contributed by atoms with Crippen LogP contribution in [-0.4, -0.2) is 48.8 Å². The Bertz CT molecular complexity index is 840. The molecule has 0 aliphatic heterocycles. The average Bonchev–Trinajstić information content (AvgIpc) is 3.13. The predicted molar refractivity (Wildman–Crippen MR) is 102 cm³/mol. The standard InChI is InChI=1S/C19H25N3O6/c1-19(2,3)22(10-16-20-14(11-28-16)17(23)27-6)18(24)21-13-8-7-12(25-4)9-15(13)26-5/h7-9,11H,10H2,1-6H3,(H,21,24). The molecule has 2 aromatic rings. The van der Waals surface area contributed by atoms with Gasteiger partial charge in [-0.05, 0) is 32.9 Å². The number of anilines is 1. The van der Waals surface area contributed by atoms with Crippen molar-refractivity contribution in [3.63, 3.8) is 0 Å². The molecule has 0 spiro atoms. The van der Waals surface area contributed by atoms with Gasteiger partial charge in [-0.15, -0.1) is 0 Å². The van der Waals surface area contributed by atoms with Gasteiger partial charge in [0.05, 0.1) is 33.6 Å². The first kappa shape index (κ1) is 21.1. The molecular formula is C19H25N3O6. The lowest BCUT2D eigenvalue weighted by Crippen LogP contribution is -2.47. The zero-order valence-corrected chi connectivity index (χ0v) is 16.9. The molecule has 152 valence electrons. The van der Waals surface area contributed by atoms with Gasteiger partial charge in [-0.2, -0.15) is 0 Å². The molecule has 0 unspecified atom stereocenters. The van der Waals surface area contributed by atoms with E-state index in [0.29, 0.717) is 17.2 Å². The van der Waals surface area contributed by atoms with Gasteiger partial charge < -0.3 is 28.8 Å². The van der Waals surface area contributed by atoms with Crippen LogP contribution in [0.25, 0.3) is 0 Å². The third-order valence-electron chi connectivity index (χ3n) is 3.94. The molecule has 1 aromatic heterocycles. The lowest BCUT2D eigenvalue weighted by Gasteiger charge is -2.34. The maximum atomic E-state index is 13.0. The van der Waals surface area contributed by atoms with Gasteiger partial charge in [-0.3, -0.25) is 0 Å². The number of benzene rings is 1. The normalized spacial score (nSPS) is 10.9. The van der Waals surface area contributed by atoms with Gasteiger partial charge in [0.1, 0.15) is 17.8 Å². The Kier molecular flexibility index (Phi) is 6.50. The fourth-order valence-electron chi connectivity index (χ4n) is 2.42. The summed E-state index contributed by atoms with van der Waals surface area (Å²) in [6.45, 7) is 5.69. The highest BCUT2D eigenvalue weighted by atomic mass is 16.5. The second kappa shape index (κ2) is 8.64. The molecule has 9 heteroatoms. The van der Waals surface area contributed by atoms with E-state index in [9.17, 15) is 9.59 Å². The van der Waals surface area contributed by atoms with Gasteiger partial charge in [0, 0.05) is 11.6 Å². The van der Waals surface area contributed by atoms with Crippen LogP contribution in [0.15, 0.2) is 28.9 Å². The number of carbonyl (C=O) groups is 2. The summed E-state index contributed by atoms with van der Waals surface area (Å²) in [5.41, 5.74) is -0.0160. The number of nitrogens with zero attached hydrogens (tertiary/aromatic N) is 2. The Morgan fingerprint density at radius 1 is 1.18 bits per heavy atom. The summed E-state index contributed by atoms with van der Waals surface area (Å²) in [4.78, 5) is 30.1. The van der Waals surface area contributed by atoms with E-state index in [1.165, 1.54) is 25.4 Å². The van der Waals surface area contributed by atoms with Crippen LogP contribution in [0, 0.1) is 0 Å². The van der Waals surface area contributed by atoms with Crippen molar-refractivity contribution >= 4 is 17.7 Å². The first-order chi connectivity index (χ1) is 13.2. The topological polar surface area (TPSA) is 103 Å². The van der Waals surface area contributed by atoms with E-state index in [0.717, 1.165) is 0 Å². The summed E-state index contributed by atoms with van der Waals surface area (Å²) < 4.78 is 20.4. The molecule has 0 saturated heterocycles. The number of urea groups is 1. The van der Waals surface area contributed by atoms with Crippen molar-refractivity contribution in [2.24, 2.45) is 0 Å². The molecule has 0 atom stereocenters. The Balaban J connectivity index is 2.23. The van der Waals surface area contributed by atoms with E-state index in [2.05, 4.69) is 15.0 Å². The van der Waals surface area contributed by atoms with E-state index >= 15 is 0 Å². The minimum absolute atomic E-state index is 0.0450. The number of amides is 2. The second-order valence-electron chi connectivity index (χ2n) is 6.87. The predicted octanol–water partition coefficient (Wildman–Crippen LogP) is 3.31. The summed E-state index contributed by atoms with van der Waals surface area (Å²) >= 11 is 0. The highest BCUT2D eigenvalue weighted by molar-refractivity contribution is 5.91. The number of hydrogen-bond donors (Lipinski definition) is 1. The Morgan fingerprint density at radius 3 is 2.46 bits per heavy atom. The largest absolute Gasteiger partial charge is 0.497 e. The van der Waals surface area contributed by atoms with Crippen LogP contribution >= 0.6 is 0 Å². The highest BCUT2D eigenvalue weighted by Gasteiger charge is 2.29. The zero-order valence-electron chi connectivity index (χ0n) is 16.9. The number of methoxy groups -OCH3 is 3. The summed E-state index contributed by atoms with van der Waals surface area (Å²) in [7, 11) is 4.31. The SMILES string of the molecule is COC(=O)c1coc(CN(C(=O)Nc2ccc(OC)cc2OC)C(C)(C)C)n1. The van der Waals surface area contributed by atoms with E-state index in [-0.39, 0.29) is 24.2 Å². The maximum Gasteiger partial charge on any atom is 0.360 e. The molecule has 2 amide bonds. The van der Waals surface area contributed by atoms with Crippen LogP contribution in [0.5, 0.6) is 11.5 Å². The van der Waals surface area contributed by atoms with Gasteiger partial charge in [-0.1, -0.05) is 0 Å². The number of ether oxygens (including phenoxy) is 3. The molecule has 9 nitrogen and oxygen atoms in total.